The van der Waals surface area contributed by atoms with Crippen molar-refractivity contribution < 1.29 is 0 Å². The van der Waals surface area contributed by atoms with E-state index < -0.39 is 0 Å². The molecule has 1 aliphatic heterocycles. The van der Waals surface area contributed by atoms with Gasteiger partial charge in [0.05, 0.1) is 0 Å². The molecule has 0 unspecified atom stereocenters. The van der Waals surface area contributed by atoms with Crippen LogP contribution in [0.2, 0.25) is 0 Å². The van der Waals surface area contributed by atoms with Crippen LogP contribution >= 0.6 is 39.9 Å². The Hall–Kier alpha value is -0.260. The lowest BCUT2D eigenvalue weighted by molar-refractivity contribution is 0.591. The summed E-state index contributed by atoms with van der Waals surface area (Å²) in [5, 5.41) is 0.793. The molecule has 0 bridgehead atoms. The molecule has 0 atom stereocenters. The fraction of sp³-hybridized carbons (Fsp3) is 0.462. The number of nitrogens with two attached hydrogens (primary N) is 1. The first-order valence-electron chi connectivity index (χ1n) is 5.99. The van der Waals surface area contributed by atoms with Crippen LogP contribution in [0.4, 0.5) is 5.69 Å². The smallest absolute Gasteiger partial charge is 0.107 e. The van der Waals surface area contributed by atoms with Gasteiger partial charge in [-0.1, -0.05) is 18.3 Å². The molecule has 1 aromatic carbocycles. The summed E-state index contributed by atoms with van der Waals surface area (Å²) in [4.78, 5) is 2.86. The van der Waals surface area contributed by atoms with Crippen LogP contribution in [0.15, 0.2) is 22.7 Å². The second-order valence-corrected chi connectivity index (χ2v) is 6.85. The summed E-state index contributed by atoms with van der Waals surface area (Å²) in [6.07, 6.45) is 4.65. The minimum Gasteiger partial charge on any atom is -0.389 e. The number of halogens is 1. The minimum atomic E-state index is 0.462. The van der Waals surface area contributed by atoms with Crippen molar-refractivity contribution in [2.75, 3.05) is 24.2 Å². The fourth-order valence-corrected chi connectivity index (χ4v) is 3.95. The molecular weight excluding hydrogens is 328 g/mol. The average Bonchev–Trinajstić information content (AvgIpc) is 2.38. The predicted molar refractivity (Wildman–Crippen MR) is 88.8 cm³/mol. The first kappa shape index (κ1) is 14.2. The van der Waals surface area contributed by atoms with E-state index in [1.807, 2.05) is 23.9 Å². The van der Waals surface area contributed by atoms with Gasteiger partial charge in [-0.25, -0.2) is 0 Å². The van der Waals surface area contributed by atoms with Crippen LogP contribution in [0, 0.1) is 0 Å². The van der Waals surface area contributed by atoms with E-state index in [-0.39, 0.29) is 0 Å². The Bertz CT molecular complexity index is 443. The van der Waals surface area contributed by atoms with Gasteiger partial charge in [0.15, 0.2) is 0 Å². The first-order valence-corrected chi connectivity index (χ1v) is 8.48. The fourth-order valence-electron chi connectivity index (χ4n) is 2.35. The summed E-state index contributed by atoms with van der Waals surface area (Å²) >= 11 is 10.7. The number of thiocarbonyl (C=S) groups is 1. The zero-order valence-electron chi connectivity index (χ0n) is 10.4. The Morgan fingerprint density at radius 1 is 1.44 bits per heavy atom. The molecule has 1 heterocycles. The molecule has 5 heteroatoms. The third-order valence-corrected chi connectivity index (χ3v) is 5.36. The van der Waals surface area contributed by atoms with Crippen molar-refractivity contribution in [1.82, 2.24) is 0 Å². The molecule has 1 fully saturated rings. The second-order valence-electron chi connectivity index (χ2n) is 4.42. The van der Waals surface area contributed by atoms with Crippen molar-refractivity contribution in [2.45, 2.75) is 18.1 Å². The van der Waals surface area contributed by atoms with E-state index in [2.05, 4.69) is 33.2 Å². The molecule has 1 aliphatic rings. The number of anilines is 1. The average molecular weight is 345 g/mol. The molecule has 1 aromatic rings. The van der Waals surface area contributed by atoms with E-state index in [1.165, 1.54) is 12.8 Å². The van der Waals surface area contributed by atoms with Crippen LogP contribution < -0.4 is 10.6 Å². The predicted octanol–water partition coefficient (Wildman–Crippen LogP) is 3.42. The second kappa shape index (κ2) is 6.26. The Kier molecular flexibility index (Phi) is 4.92. The topological polar surface area (TPSA) is 29.3 Å². The number of rotatable bonds is 3. The molecule has 1 saturated heterocycles. The number of hydrogen-bond donors (Lipinski definition) is 1. The van der Waals surface area contributed by atoms with Crippen LogP contribution in [0.25, 0.3) is 0 Å². The molecule has 18 heavy (non-hydrogen) atoms. The number of nitrogens with zero attached hydrogens (tertiary/aromatic N) is 1. The lowest BCUT2D eigenvalue weighted by Gasteiger charge is -2.34. The number of piperidine rings is 1. The van der Waals surface area contributed by atoms with Crippen molar-refractivity contribution in [3.8, 4) is 0 Å². The van der Waals surface area contributed by atoms with Crippen LogP contribution in [0.1, 0.15) is 18.4 Å². The summed E-state index contributed by atoms with van der Waals surface area (Å²) in [6.45, 7) is 2.16. The van der Waals surface area contributed by atoms with Gasteiger partial charge in [-0.3, -0.25) is 0 Å². The van der Waals surface area contributed by atoms with Gasteiger partial charge in [-0.15, -0.1) is 0 Å². The Morgan fingerprint density at radius 3 is 2.67 bits per heavy atom. The van der Waals surface area contributed by atoms with Crippen molar-refractivity contribution in [3.05, 3.63) is 28.2 Å². The highest BCUT2D eigenvalue weighted by atomic mass is 79.9. The van der Waals surface area contributed by atoms with Gasteiger partial charge in [-0.05, 0) is 47.2 Å². The summed E-state index contributed by atoms with van der Waals surface area (Å²) < 4.78 is 0.986. The van der Waals surface area contributed by atoms with Crippen LogP contribution in [0.3, 0.4) is 0 Å². The van der Waals surface area contributed by atoms with Crippen molar-refractivity contribution in [1.29, 1.82) is 0 Å². The number of benzene rings is 1. The molecule has 0 saturated carbocycles. The highest BCUT2D eigenvalue weighted by Gasteiger charge is 2.21. The van der Waals surface area contributed by atoms with Gasteiger partial charge in [0.2, 0.25) is 0 Å². The lowest BCUT2D eigenvalue weighted by atomic mass is 10.1. The van der Waals surface area contributed by atoms with Crippen molar-refractivity contribution in [2.24, 2.45) is 5.73 Å². The van der Waals surface area contributed by atoms with Gasteiger partial charge in [0, 0.05) is 34.1 Å². The summed E-state index contributed by atoms with van der Waals surface area (Å²) in [7, 11) is 0. The molecule has 2 N–H and O–H groups in total. The standard InChI is InChI=1S/C13H17BrN2S2/c1-18-9-5-7-16(8-6-9)11-4-2-3-10(14)12(11)13(15)17/h2-4,9H,5-8H2,1H3,(H2,15,17). The highest BCUT2D eigenvalue weighted by Crippen LogP contribution is 2.31. The summed E-state index contributed by atoms with van der Waals surface area (Å²) in [6, 6.07) is 6.15. The van der Waals surface area contributed by atoms with E-state index in [0.717, 1.165) is 34.1 Å². The first-order chi connectivity index (χ1) is 8.63. The van der Waals surface area contributed by atoms with Crippen molar-refractivity contribution >= 4 is 50.6 Å². The third-order valence-electron chi connectivity index (χ3n) is 3.35. The van der Waals surface area contributed by atoms with Gasteiger partial charge >= 0.3 is 0 Å². The molecule has 2 rings (SSSR count). The molecule has 0 aliphatic carbocycles. The Balaban J connectivity index is 2.24. The van der Waals surface area contributed by atoms with Gasteiger partial charge in [0.1, 0.15) is 4.99 Å². The van der Waals surface area contributed by atoms with E-state index in [0.29, 0.717) is 4.99 Å². The quantitative estimate of drug-likeness (QED) is 0.850. The Labute approximate surface area is 126 Å². The molecule has 0 spiro atoms. The van der Waals surface area contributed by atoms with Gasteiger partial charge < -0.3 is 10.6 Å². The van der Waals surface area contributed by atoms with Gasteiger partial charge in [-0.2, -0.15) is 11.8 Å². The zero-order chi connectivity index (χ0) is 13.1. The van der Waals surface area contributed by atoms with E-state index >= 15 is 0 Å². The van der Waals surface area contributed by atoms with E-state index in [9.17, 15) is 0 Å². The van der Waals surface area contributed by atoms with Gasteiger partial charge in [0.25, 0.3) is 0 Å². The maximum absolute atomic E-state index is 5.85. The normalized spacial score (nSPS) is 16.9. The molecule has 98 valence electrons. The molecule has 0 aromatic heterocycles. The summed E-state index contributed by atoms with van der Waals surface area (Å²) in [5.74, 6) is 0. The van der Waals surface area contributed by atoms with E-state index in [4.69, 9.17) is 18.0 Å². The van der Waals surface area contributed by atoms with E-state index in [1.54, 1.807) is 0 Å². The largest absolute Gasteiger partial charge is 0.389 e. The number of thioether (sulfide) groups is 1. The maximum Gasteiger partial charge on any atom is 0.107 e. The number of hydrogen-bond acceptors (Lipinski definition) is 3. The third kappa shape index (κ3) is 3.00. The van der Waals surface area contributed by atoms with Crippen LogP contribution in [0.5, 0.6) is 0 Å². The van der Waals surface area contributed by atoms with Crippen molar-refractivity contribution in [3.63, 3.8) is 0 Å². The zero-order valence-corrected chi connectivity index (χ0v) is 13.6. The Morgan fingerprint density at radius 2 is 2.11 bits per heavy atom. The van der Waals surface area contributed by atoms with Crippen LogP contribution in [-0.4, -0.2) is 29.6 Å². The molecule has 2 nitrogen and oxygen atoms in total. The summed E-state index contributed by atoms with van der Waals surface area (Å²) in [5.41, 5.74) is 7.98. The SMILES string of the molecule is CSC1CCN(c2cccc(Br)c2C(N)=S)CC1. The minimum absolute atomic E-state index is 0.462. The monoisotopic (exact) mass is 344 g/mol. The molecule has 0 radical (unpaired) electrons. The maximum atomic E-state index is 5.85. The molecule has 0 amide bonds. The lowest BCUT2D eigenvalue weighted by Crippen LogP contribution is -2.36. The van der Waals surface area contributed by atoms with Crippen LogP contribution in [-0.2, 0) is 0 Å². The molecular formula is C13H17BrN2S2. The highest BCUT2D eigenvalue weighted by molar-refractivity contribution is 9.10.